The Labute approximate surface area is 170 Å². The van der Waals surface area contributed by atoms with Gasteiger partial charge < -0.3 is 0 Å². The van der Waals surface area contributed by atoms with Crippen molar-refractivity contribution >= 4 is 10.8 Å². The van der Waals surface area contributed by atoms with Crippen molar-refractivity contribution in [1.82, 2.24) is 14.3 Å². The summed E-state index contributed by atoms with van der Waals surface area (Å²) >= 11 is 0. The van der Waals surface area contributed by atoms with Crippen molar-refractivity contribution in [2.75, 3.05) is 0 Å². The van der Waals surface area contributed by atoms with Gasteiger partial charge >= 0.3 is 0 Å². The molecule has 2 aromatic heterocycles. The van der Waals surface area contributed by atoms with E-state index in [-0.39, 0.29) is 11.5 Å². The predicted molar refractivity (Wildman–Crippen MR) is 118 cm³/mol. The maximum atomic E-state index is 13.6. The van der Waals surface area contributed by atoms with Gasteiger partial charge in [-0.25, -0.2) is 0 Å². The minimum atomic E-state index is -0.0368. The molecule has 2 heterocycles. The van der Waals surface area contributed by atoms with Crippen molar-refractivity contribution in [1.29, 1.82) is 0 Å². The highest BCUT2D eigenvalue weighted by molar-refractivity contribution is 5.88. The lowest BCUT2D eigenvalue weighted by molar-refractivity contribution is 0.740. The molecule has 144 valence electrons. The van der Waals surface area contributed by atoms with Crippen LogP contribution in [0.25, 0.3) is 16.5 Å². The molecule has 2 aromatic carbocycles. The normalized spacial score (nSPS) is 10.9. The second-order valence-electron chi connectivity index (χ2n) is 7.49. The molecule has 4 heteroatoms. The van der Waals surface area contributed by atoms with Crippen LogP contribution in [0, 0.1) is 18.8 Å². The summed E-state index contributed by atoms with van der Waals surface area (Å²) in [5, 5.41) is 5.81. The molecule has 0 amide bonds. The lowest BCUT2D eigenvalue weighted by atomic mass is 10.0. The van der Waals surface area contributed by atoms with E-state index in [1.54, 1.807) is 10.9 Å². The molecule has 4 nitrogen and oxygen atoms in total. The zero-order chi connectivity index (χ0) is 20.5. The maximum Gasteiger partial charge on any atom is 0.264 e. The first-order valence-electron chi connectivity index (χ1n) is 9.72. The summed E-state index contributed by atoms with van der Waals surface area (Å²) in [4.78, 5) is 13.6. The molecule has 4 rings (SSSR count). The molecule has 0 atom stereocenters. The summed E-state index contributed by atoms with van der Waals surface area (Å²) < 4.78 is 3.61. The summed E-state index contributed by atoms with van der Waals surface area (Å²) in [7, 11) is 1.89. The van der Waals surface area contributed by atoms with Crippen molar-refractivity contribution in [3.8, 4) is 17.5 Å². The van der Waals surface area contributed by atoms with Crippen molar-refractivity contribution in [3.63, 3.8) is 0 Å². The molecule has 0 radical (unpaired) electrons. The summed E-state index contributed by atoms with van der Waals surface area (Å²) in [5.41, 5.74) is 4.42. The molecule has 0 N–H and O–H groups in total. The van der Waals surface area contributed by atoms with Crippen LogP contribution in [0.1, 0.15) is 42.3 Å². The highest BCUT2D eigenvalue weighted by Gasteiger charge is 2.15. The van der Waals surface area contributed by atoms with Crippen LogP contribution in [0.5, 0.6) is 0 Å². The van der Waals surface area contributed by atoms with Crippen LogP contribution in [0.3, 0.4) is 0 Å². The fourth-order valence-electron chi connectivity index (χ4n) is 3.51. The van der Waals surface area contributed by atoms with Crippen molar-refractivity contribution in [2.24, 2.45) is 7.05 Å². The quantitative estimate of drug-likeness (QED) is 0.478. The molecular weight excluding hydrogens is 358 g/mol. The number of hydrogen-bond donors (Lipinski definition) is 0. The van der Waals surface area contributed by atoms with Gasteiger partial charge in [-0.1, -0.05) is 56.0 Å². The van der Waals surface area contributed by atoms with Gasteiger partial charge in [0, 0.05) is 24.0 Å². The largest absolute Gasteiger partial charge is 0.280 e. The highest BCUT2D eigenvalue weighted by atomic mass is 16.1. The number of hydrogen-bond acceptors (Lipinski definition) is 2. The first kappa shape index (κ1) is 18.8. The summed E-state index contributed by atoms with van der Waals surface area (Å²) in [6.45, 7) is 6.20. The number of rotatable bonds is 2. The van der Waals surface area contributed by atoms with E-state index in [0.717, 1.165) is 33.6 Å². The fraction of sp³-hybridized carbons (Fsp3) is 0.200. The highest BCUT2D eigenvalue weighted by Crippen LogP contribution is 2.23. The number of pyridine rings is 1. The van der Waals surface area contributed by atoms with Gasteiger partial charge in [-0.2, -0.15) is 5.10 Å². The SMILES string of the molecule is Cc1c(C#Cc2cccc3cc(C(C)C)n(-c4ccccc4)c(=O)c23)cnn1C. The topological polar surface area (TPSA) is 39.8 Å². The third-order valence-corrected chi connectivity index (χ3v) is 5.25. The average Bonchev–Trinajstić information content (AvgIpc) is 3.04. The number of para-hydroxylation sites is 1. The zero-order valence-corrected chi connectivity index (χ0v) is 17.1. The molecule has 0 unspecified atom stereocenters. The van der Waals surface area contributed by atoms with Gasteiger partial charge in [-0.15, -0.1) is 0 Å². The third-order valence-electron chi connectivity index (χ3n) is 5.25. The monoisotopic (exact) mass is 381 g/mol. The summed E-state index contributed by atoms with van der Waals surface area (Å²) in [6.07, 6.45) is 1.76. The van der Waals surface area contributed by atoms with Gasteiger partial charge in [-0.3, -0.25) is 14.0 Å². The molecule has 29 heavy (non-hydrogen) atoms. The first-order valence-corrected chi connectivity index (χ1v) is 9.72. The standard InChI is InChI=1S/C25H23N3O/c1-17(2)23-15-20-10-8-9-19(13-14-21-16-26-27(4)18(21)3)24(20)25(29)28(23)22-11-6-5-7-12-22/h5-12,15-17H,1-4H3. The lowest BCUT2D eigenvalue weighted by Crippen LogP contribution is -2.23. The van der Waals surface area contributed by atoms with Crippen LogP contribution in [0.15, 0.2) is 65.6 Å². The minimum absolute atomic E-state index is 0.0368. The first-order chi connectivity index (χ1) is 14.0. The molecular formula is C25H23N3O. The third kappa shape index (κ3) is 3.36. The lowest BCUT2D eigenvalue weighted by Gasteiger charge is -2.17. The molecule has 0 saturated heterocycles. The molecule has 0 aliphatic carbocycles. The van der Waals surface area contributed by atoms with Gasteiger partial charge in [0.2, 0.25) is 0 Å². The number of aryl methyl sites for hydroxylation is 1. The van der Waals surface area contributed by atoms with Gasteiger partial charge in [0.15, 0.2) is 0 Å². The number of fused-ring (bicyclic) bond motifs is 1. The fourth-order valence-corrected chi connectivity index (χ4v) is 3.51. The van der Waals surface area contributed by atoms with Gasteiger partial charge in [0.1, 0.15) is 0 Å². The van der Waals surface area contributed by atoms with Crippen LogP contribution in [-0.4, -0.2) is 14.3 Å². The van der Waals surface area contributed by atoms with Crippen molar-refractivity contribution in [2.45, 2.75) is 26.7 Å². The Morgan fingerprint density at radius 3 is 2.34 bits per heavy atom. The van der Waals surface area contributed by atoms with Gasteiger partial charge in [0.05, 0.1) is 22.8 Å². The molecule has 0 saturated carbocycles. The van der Waals surface area contributed by atoms with E-state index < -0.39 is 0 Å². The molecule has 0 aliphatic heterocycles. The van der Waals surface area contributed by atoms with Crippen LogP contribution in [-0.2, 0) is 7.05 Å². The van der Waals surface area contributed by atoms with Crippen molar-refractivity contribution < 1.29 is 0 Å². The average molecular weight is 381 g/mol. The van der Waals surface area contributed by atoms with Crippen LogP contribution < -0.4 is 5.56 Å². The van der Waals surface area contributed by atoms with E-state index in [0.29, 0.717) is 5.39 Å². The Hall–Kier alpha value is -3.58. The van der Waals surface area contributed by atoms with Crippen LogP contribution in [0.2, 0.25) is 0 Å². The smallest absolute Gasteiger partial charge is 0.264 e. The molecule has 0 aliphatic rings. The second kappa shape index (κ2) is 7.44. The summed E-state index contributed by atoms with van der Waals surface area (Å²) in [6, 6.07) is 17.7. The maximum absolute atomic E-state index is 13.6. The molecule has 0 bridgehead atoms. The Kier molecular flexibility index (Phi) is 4.82. The molecule has 0 spiro atoms. The Bertz CT molecular complexity index is 1320. The Morgan fingerprint density at radius 2 is 1.69 bits per heavy atom. The number of nitrogens with zero attached hydrogens (tertiary/aromatic N) is 3. The Morgan fingerprint density at radius 1 is 0.966 bits per heavy atom. The van der Waals surface area contributed by atoms with E-state index in [2.05, 4.69) is 36.9 Å². The van der Waals surface area contributed by atoms with E-state index in [1.807, 2.05) is 67.1 Å². The van der Waals surface area contributed by atoms with Crippen molar-refractivity contribution in [3.05, 3.63) is 93.7 Å². The van der Waals surface area contributed by atoms with E-state index >= 15 is 0 Å². The second-order valence-corrected chi connectivity index (χ2v) is 7.49. The van der Waals surface area contributed by atoms with Gasteiger partial charge in [-0.05, 0) is 42.5 Å². The molecule has 0 fully saturated rings. The number of benzene rings is 2. The van der Waals surface area contributed by atoms with E-state index in [9.17, 15) is 4.79 Å². The van der Waals surface area contributed by atoms with E-state index in [4.69, 9.17) is 0 Å². The number of aromatic nitrogens is 3. The summed E-state index contributed by atoms with van der Waals surface area (Å²) in [5.74, 6) is 6.60. The zero-order valence-electron chi connectivity index (χ0n) is 17.1. The Balaban J connectivity index is 2.00. The minimum Gasteiger partial charge on any atom is -0.280 e. The van der Waals surface area contributed by atoms with Crippen LogP contribution in [0.4, 0.5) is 0 Å². The molecule has 4 aromatic rings. The van der Waals surface area contributed by atoms with Crippen LogP contribution >= 0.6 is 0 Å². The predicted octanol–water partition coefficient (Wildman–Crippen LogP) is 4.56. The van der Waals surface area contributed by atoms with E-state index in [1.165, 1.54) is 0 Å². The van der Waals surface area contributed by atoms with Gasteiger partial charge in [0.25, 0.3) is 5.56 Å².